The lowest BCUT2D eigenvalue weighted by molar-refractivity contribution is 0.138. The van der Waals surface area contributed by atoms with E-state index in [0.717, 1.165) is 18.7 Å². The van der Waals surface area contributed by atoms with E-state index in [4.69, 9.17) is 0 Å². The first kappa shape index (κ1) is 14.1. The van der Waals surface area contributed by atoms with Crippen LogP contribution in [0.1, 0.15) is 25.3 Å². The molecule has 1 aliphatic rings. The van der Waals surface area contributed by atoms with Crippen molar-refractivity contribution in [2.75, 3.05) is 33.2 Å². The first-order chi connectivity index (χ1) is 9.18. The Balaban J connectivity index is 1.71. The van der Waals surface area contributed by atoms with Crippen LogP contribution in [0.15, 0.2) is 30.3 Å². The molecule has 19 heavy (non-hydrogen) atoms. The second-order valence-corrected chi connectivity index (χ2v) is 5.89. The van der Waals surface area contributed by atoms with Crippen LogP contribution in [0, 0.1) is 17.3 Å². The van der Waals surface area contributed by atoms with Gasteiger partial charge in [-0.1, -0.05) is 37.0 Å². The maximum absolute atomic E-state index is 3.49. The van der Waals surface area contributed by atoms with E-state index in [-0.39, 0.29) is 0 Å². The molecule has 1 aliphatic heterocycles. The van der Waals surface area contributed by atoms with E-state index in [1.54, 1.807) is 0 Å². The normalized spacial score (nSPS) is 18.6. The third kappa shape index (κ3) is 4.70. The van der Waals surface area contributed by atoms with Crippen LogP contribution in [0.25, 0.3) is 0 Å². The number of nitrogens with one attached hydrogen (secondary N) is 1. The Labute approximate surface area is 117 Å². The molecule has 0 aliphatic carbocycles. The van der Waals surface area contributed by atoms with Gasteiger partial charge in [-0.15, -0.1) is 0 Å². The Morgan fingerprint density at radius 1 is 1.21 bits per heavy atom. The van der Waals surface area contributed by atoms with Gasteiger partial charge in [0.1, 0.15) is 0 Å². The van der Waals surface area contributed by atoms with E-state index in [2.05, 4.69) is 36.0 Å². The highest BCUT2D eigenvalue weighted by Crippen LogP contribution is 2.29. The van der Waals surface area contributed by atoms with Crippen LogP contribution in [0.5, 0.6) is 0 Å². The maximum atomic E-state index is 3.49. The largest absolute Gasteiger partial charge is 0.306 e. The summed E-state index contributed by atoms with van der Waals surface area (Å²) in [5, 5.41) is 3.49. The van der Waals surface area contributed by atoms with E-state index in [0.29, 0.717) is 5.41 Å². The lowest BCUT2D eigenvalue weighted by Crippen LogP contribution is -2.42. The summed E-state index contributed by atoms with van der Waals surface area (Å²) in [5.74, 6) is 6.38. The summed E-state index contributed by atoms with van der Waals surface area (Å²) < 4.78 is 0. The summed E-state index contributed by atoms with van der Waals surface area (Å²) >= 11 is 0. The zero-order valence-corrected chi connectivity index (χ0v) is 12.1. The predicted octanol–water partition coefficient (Wildman–Crippen LogP) is 2.36. The molecule has 1 fully saturated rings. The topological polar surface area (TPSA) is 15.3 Å². The summed E-state index contributed by atoms with van der Waals surface area (Å²) in [4.78, 5) is 2.41. The summed E-state index contributed by atoms with van der Waals surface area (Å²) in [6, 6.07) is 10.2. The van der Waals surface area contributed by atoms with Crippen molar-refractivity contribution in [1.29, 1.82) is 0 Å². The molecule has 0 amide bonds. The second kappa shape index (κ2) is 6.75. The minimum absolute atomic E-state index is 0.445. The van der Waals surface area contributed by atoms with Gasteiger partial charge >= 0.3 is 0 Å². The van der Waals surface area contributed by atoms with Crippen molar-refractivity contribution in [3.63, 3.8) is 0 Å². The minimum atomic E-state index is 0.445. The van der Waals surface area contributed by atoms with E-state index >= 15 is 0 Å². The highest BCUT2D eigenvalue weighted by atomic mass is 15.1. The van der Waals surface area contributed by atoms with Crippen LogP contribution in [-0.2, 0) is 0 Å². The van der Waals surface area contributed by atoms with Crippen LogP contribution in [0.4, 0.5) is 0 Å². The maximum Gasteiger partial charge on any atom is 0.0580 e. The Morgan fingerprint density at radius 2 is 1.89 bits per heavy atom. The standard InChI is InChI=1S/C17H24N2/c1-17(10-13-19(2)14-11-17)15-18-12-6-9-16-7-4-3-5-8-16/h3-5,7-8,18H,10-15H2,1-2H3. The number of piperidine rings is 1. The Bertz CT molecular complexity index is 433. The van der Waals surface area contributed by atoms with Crippen molar-refractivity contribution < 1.29 is 0 Å². The number of hydrogen-bond acceptors (Lipinski definition) is 2. The van der Waals surface area contributed by atoms with Gasteiger partial charge in [-0.05, 0) is 50.5 Å². The Morgan fingerprint density at radius 3 is 2.58 bits per heavy atom. The van der Waals surface area contributed by atoms with Crippen LogP contribution in [-0.4, -0.2) is 38.1 Å². The molecule has 2 rings (SSSR count). The van der Waals surface area contributed by atoms with Crippen LogP contribution < -0.4 is 5.32 Å². The third-order valence-corrected chi connectivity index (χ3v) is 3.97. The first-order valence-electron chi connectivity index (χ1n) is 7.11. The molecular weight excluding hydrogens is 232 g/mol. The van der Waals surface area contributed by atoms with Crippen molar-refractivity contribution >= 4 is 0 Å². The van der Waals surface area contributed by atoms with Gasteiger partial charge in [0.15, 0.2) is 0 Å². The average molecular weight is 256 g/mol. The molecule has 0 aromatic heterocycles. The molecule has 1 aromatic carbocycles. The molecule has 0 atom stereocenters. The first-order valence-corrected chi connectivity index (χ1v) is 7.11. The zero-order valence-electron chi connectivity index (χ0n) is 12.1. The van der Waals surface area contributed by atoms with Gasteiger partial charge in [-0.25, -0.2) is 0 Å². The molecule has 0 bridgehead atoms. The molecule has 2 nitrogen and oxygen atoms in total. The summed E-state index contributed by atoms with van der Waals surface area (Å²) in [7, 11) is 2.21. The van der Waals surface area contributed by atoms with Crippen molar-refractivity contribution in [1.82, 2.24) is 10.2 Å². The summed E-state index contributed by atoms with van der Waals surface area (Å²) in [6.45, 7) is 6.67. The summed E-state index contributed by atoms with van der Waals surface area (Å²) in [6.07, 6.45) is 2.56. The summed E-state index contributed by atoms with van der Waals surface area (Å²) in [5.41, 5.74) is 1.54. The Hall–Kier alpha value is -1.30. The molecule has 1 aromatic rings. The van der Waals surface area contributed by atoms with E-state index < -0.39 is 0 Å². The van der Waals surface area contributed by atoms with Crippen LogP contribution in [0.2, 0.25) is 0 Å². The fraction of sp³-hybridized carbons (Fsp3) is 0.529. The molecule has 102 valence electrons. The zero-order chi connectivity index (χ0) is 13.6. The minimum Gasteiger partial charge on any atom is -0.306 e. The number of rotatable bonds is 3. The van der Waals surface area contributed by atoms with Gasteiger partial charge in [0.25, 0.3) is 0 Å². The monoisotopic (exact) mass is 256 g/mol. The van der Waals surface area contributed by atoms with Gasteiger partial charge in [0.05, 0.1) is 6.54 Å². The van der Waals surface area contributed by atoms with Gasteiger partial charge in [-0.3, -0.25) is 0 Å². The molecular formula is C17H24N2. The smallest absolute Gasteiger partial charge is 0.0580 e. The van der Waals surface area contributed by atoms with Crippen LogP contribution in [0.3, 0.4) is 0 Å². The molecule has 1 saturated heterocycles. The van der Waals surface area contributed by atoms with E-state index in [1.807, 2.05) is 30.3 Å². The molecule has 0 spiro atoms. The Kier molecular flexibility index (Phi) is 5.01. The van der Waals surface area contributed by atoms with Crippen molar-refractivity contribution in [3.05, 3.63) is 35.9 Å². The lowest BCUT2D eigenvalue weighted by Gasteiger charge is -2.37. The molecule has 0 unspecified atom stereocenters. The number of hydrogen-bond donors (Lipinski definition) is 1. The highest BCUT2D eigenvalue weighted by molar-refractivity contribution is 5.33. The fourth-order valence-corrected chi connectivity index (χ4v) is 2.43. The van der Waals surface area contributed by atoms with Crippen LogP contribution >= 0.6 is 0 Å². The molecule has 0 saturated carbocycles. The lowest BCUT2D eigenvalue weighted by atomic mass is 9.80. The average Bonchev–Trinajstić information content (AvgIpc) is 2.43. The van der Waals surface area contributed by atoms with Crippen molar-refractivity contribution in [3.8, 4) is 11.8 Å². The van der Waals surface area contributed by atoms with Gasteiger partial charge in [0, 0.05) is 12.1 Å². The SMILES string of the molecule is CN1CCC(C)(CNCC#Cc2ccccc2)CC1. The quantitative estimate of drug-likeness (QED) is 0.660. The fourth-order valence-electron chi connectivity index (χ4n) is 2.43. The predicted molar refractivity (Wildman–Crippen MR) is 81.0 cm³/mol. The number of nitrogens with zero attached hydrogens (tertiary/aromatic N) is 1. The van der Waals surface area contributed by atoms with Crippen molar-refractivity contribution in [2.24, 2.45) is 5.41 Å². The second-order valence-electron chi connectivity index (χ2n) is 5.89. The number of benzene rings is 1. The van der Waals surface area contributed by atoms with E-state index in [9.17, 15) is 0 Å². The molecule has 0 radical (unpaired) electrons. The molecule has 1 N–H and O–H groups in total. The molecule has 2 heteroatoms. The highest BCUT2D eigenvalue weighted by Gasteiger charge is 2.27. The van der Waals surface area contributed by atoms with Gasteiger partial charge in [-0.2, -0.15) is 0 Å². The van der Waals surface area contributed by atoms with Gasteiger partial charge < -0.3 is 10.2 Å². The number of likely N-dealkylation sites (tertiary alicyclic amines) is 1. The molecule has 1 heterocycles. The van der Waals surface area contributed by atoms with Crippen molar-refractivity contribution in [2.45, 2.75) is 19.8 Å². The third-order valence-electron chi connectivity index (χ3n) is 3.97. The van der Waals surface area contributed by atoms with Gasteiger partial charge in [0.2, 0.25) is 0 Å². The van der Waals surface area contributed by atoms with E-state index in [1.165, 1.54) is 25.9 Å².